The molecule has 3 nitrogen and oxygen atoms in total. The number of hydrogen-bond donors (Lipinski definition) is 0. The van der Waals surface area contributed by atoms with Crippen LogP contribution in [-0.4, -0.2) is 11.9 Å². The maximum Gasteiger partial charge on any atom is 0.316 e. The summed E-state index contributed by atoms with van der Waals surface area (Å²) in [5, 5.41) is 0. The van der Waals surface area contributed by atoms with E-state index in [1.54, 1.807) is 44.9 Å². The number of hydrogen-bond acceptors (Lipinski definition) is 3. The van der Waals surface area contributed by atoms with Crippen molar-refractivity contribution < 1.29 is 14.3 Å². The summed E-state index contributed by atoms with van der Waals surface area (Å²) in [7, 11) is 0. The molecular formula is C69H122O3. The van der Waals surface area contributed by atoms with Gasteiger partial charge in [0.05, 0.1) is 5.92 Å². The number of fused-ring (bicyclic) bond motifs is 6. The van der Waals surface area contributed by atoms with E-state index in [9.17, 15) is 9.59 Å². The third-order valence-corrected chi connectivity index (χ3v) is 22.5. The molecule has 0 aromatic rings. The number of esters is 2. The molecule has 7 aliphatic carbocycles. The summed E-state index contributed by atoms with van der Waals surface area (Å²) in [6.07, 6.45) is 74.4. The lowest BCUT2D eigenvalue weighted by Gasteiger charge is -2.57. The number of ether oxygens (including phenoxy) is 1. The maximum atomic E-state index is 13.7. The minimum Gasteiger partial charge on any atom is -0.393 e. The molecule has 3 heteroatoms. The SMILES string of the molecule is CCCCCCCCCCCCCCCCCCCCCCCCCCCCCCCCCCCCCC(=O)OC(=O)C1CCCC2CC3CC4CC5CC6CC7CCCCC7CC6CC5CC4CC3CC21. The minimum atomic E-state index is -0.245. The topological polar surface area (TPSA) is 43.4 Å². The summed E-state index contributed by atoms with van der Waals surface area (Å²) in [5.74, 6) is 10.7. The predicted octanol–water partition coefficient (Wildman–Crippen LogP) is 21.9. The molecule has 7 saturated carbocycles. The van der Waals surface area contributed by atoms with E-state index in [1.807, 2.05) is 0 Å². The van der Waals surface area contributed by atoms with Gasteiger partial charge in [0.15, 0.2) is 0 Å². The van der Waals surface area contributed by atoms with Gasteiger partial charge < -0.3 is 4.74 Å². The molecule has 0 heterocycles. The van der Waals surface area contributed by atoms with Crippen LogP contribution in [0.1, 0.15) is 347 Å². The van der Waals surface area contributed by atoms with E-state index in [-0.39, 0.29) is 17.9 Å². The molecule has 0 radical (unpaired) electrons. The Morgan fingerprint density at radius 1 is 0.292 bits per heavy atom. The molecule has 0 N–H and O–H groups in total. The van der Waals surface area contributed by atoms with Crippen LogP contribution in [0, 0.1) is 76.9 Å². The van der Waals surface area contributed by atoms with Gasteiger partial charge in [0.1, 0.15) is 0 Å². The van der Waals surface area contributed by atoms with Gasteiger partial charge in [0.25, 0.3) is 0 Å². The fourth-order valence-corrected chi connectivity index (χ4v) is 18.3. The van der Waals surface area contributed by atoms with E-state index in [0.29, 0.717) is 18.3 Å². The summed E-state index contributed by atoms with van der Waals surface area (Å²) < 4.78 is 5.69. The van der Waals surface area contributed by atoms with Crippen LogP contribution >= 0.6 is 0 Å². The van der Waals surface area contributed by atoms with Crippen molar-refractivity contribution in [3.63, 3.8) is 0 Å². The molecule has 0 aliphatic heterocycles. The van der Waals surface area contributed by atoms with Crippen molar-refractivity contribution in [1.82, 2.24) is 0 Å². The molecule has 13 atom stereocenters. The first-order valence-corrected chi connectivity index (χ1v) is 34.3. The summed E-state index contributed by atoms with van der Waals surface area (Å²) in [5.41, 5.74) is 0. The highest BCUT2D eigenvalue weighted by Gasteiger charge is 2.52. The first-order valence-electron chi connectivity index (χ1n) is 34.3. The number of carbonyl (C=O) groups excluding carboxylic acids is 2. The second-order valence-corrected chi connectivity index (χ2v) is 27.8. The van der Waals surface area contributed by atoms with Crippen LogP contribution in [0.5, 0.6) is 0 Å². The lowest BCUT2D eigenvalue weighted by Crippen LogP contribution is -2.48. The van der Waals surface area contributed by atoms with Gasteiger partial charge in [-0.15, -0.1) is 0 Å². The van der Waals surface area contributed by atoms with E-state index < -0.39 is 0 Å². The number of carbonyl (C=O) groups is 2. The Kier molecular flexibility index (Phi) is 28.4. The molecule has 0 bridgehead atoms. The van der Waals surface area contributed by atoms with Crippen molar-refractivity contribution in [2.75, 3.05) is 0 Å². The van der Waals surface area contributed by atoms with E-state index in [4.69, 9.17) is 4.74 Å². The quantitative estimate of drug-likeness (QED) is 0.0354. The van der Waals surface area contributed by atoms with Gasteiger partial charge in [-0.3, -0.25) is 9.59 Å². The van der Waals surface area contributed by atoms with Gasteiger partial charge in [0.2, 0.25) is 0 Å². The molecule has 416 valence electrons. The third kappa shape index (κ3) is 20.5. The summed E-state index contributed by atoms with van der Waals surface area (Å²) in [6, 6.07) is 0. The first-order chi connectivity index (χ1) is 35.6. The molecule has 7 aliphatic rings. The molecule has 0 amide bonds. The van der Waals surface area contributed by atoms with Gasteiger partial charge in [-0.25, -0.2) is 0 Å². The van der Waals surface area contributed by atoms with Gasteiger partial charge >= 0.3 is 11.9 Å². The van der Waals surface area contributed by atoms with Crippen molar-refractivity contribution >= 4 is 11.9 Å². The zero-order chi connectivity index (χ0) is 49.8. The second kappa shape index (κ2) is 34.8. The molecule has 0 spiro atoms. The zero-order valence-corrected chi connectivity index (χ0v) is 48.2. The lowest BCUT2D eigenvalue weighted by atomic mass is 9.48. The van der Waals surface area contributed by atoms with E-state index in [0.717, 1.165) is 84.9 Å². The van der Waals surface area contributed by atoms with Crippen LogP contribution in [0.2, 0.25) is 0 Å². The Bertz CT molecular complexity index is 1420. The largest absolute Gasteiger partial charge is 0.393 e. The highest BCUT2D eigenvalue weighted by molar-refractivity contribution is 5.87. The molecule has 0 aromatic carbocycles. The first kappa shape index (κ1) is 58.8. The van der Waals surface area contributed by atoms with Crippen LogP contribution in [-0.2, 0) is 14.3 Å². The Hall–Kier alpha value is -0.860. The normalized spacial score (nSPS) is 31.9. The Morgan fingerprint density at radius 3 is 0.889 bits per heavy atom. The van der Waals surface area contributed by atoms with Crippen LogP contribution in [0.4, 0.5) is 0 Å². The Labute approximate surface area is 448 Å². The van der Waals surface area contributed by atoms with Crippen molar-refractivity contribution in [3.8, 4) is 0 Å². The molecule has 0 saturated heterocycles. The average Bonchev–Trinajstić information content (AvgIpc) is 3.38. The summed E-state index contributed by atoms with van der Waals surface area (Å²) in [4.78, 5) is 26.6. The van der Waals surface area contributed by atoms with E-state index >= 15 is 0 Å². The number of rotatable bonds is 37. The average molecular weight is 1000 g/mol. The highest BCUT2D eigenvalue weighted by atomic mass is 16.6. The van der Waals surface area contributed by atoms with Gasteiger partial charge in [-0.05, 0) is 148 Å². The van der Waals surface area contributed by atoms with E-state index in [1.165, 1.54) is 263 Å². The molecule has 0 aromatic heterocycles. The Balaban J connectivity index is 0.605. The van der Waals surface area contributed by atoms with Crippen LogP contribution < -0.4 is 0 Å². The van der Waals surface area contributed by atoms with Crippen LogP contribution in [0.25, 0.3) is 0 Å². The number of unbranched alkanes of at least 4 members (excludes halogenated alkanes) is 34. The van der Waals surface area contributed by atoms with E-state index in [2.05, 4.69) is 6.92 Å². The molecule has 7 rings (SSSR count). The van der Waals surface area contributed by atoms with Crippen molar-refractivity contribution in [2.45, 2.75) is 347 Å². The summed E-state index contributed by atoms with van der Waals surface area (Å²) >= 11 is 0. The fraction of sp³-hybridized carbons (Fsp3) is 0.971. The van der Waals surface area contributed by atoms with Crippen molar-refractivity contribution in [3.05, 3.63) is 0 Å². The van der Waals surface area contributed by atoms with Gasteiger partial charge in [-0.2, -0.15) is 0 Å². The smallest absolute Gasteiger partial charge is 0.316 e. The van der Waals surface area contributed by atoms with Crippen LogP contribution in [0.3, 0.4) is 0 Å². The maximum absolute atomic E-state index is 13.7. The molecule has 72 heavy (non-hydrogen) atoms. The monoisotopic (exact) mass is 999 g/mol. The summed E-state index contributed by atoms with van der Waals surface area (Å²) in [6.45, 7) is 2.31. The predicted molar refractivity (Wildman–Crippen MR) is 307 cm³/mol. The zero-order valence-electron chi connectivity index (χ0n) is 48.2. The van der Waals surface area contributed by atoms with Gasteiger partial charge in [0, 0.05) is 6.42 Å². The lowest BCUT2D eigenvalue weighted by molar-refractivity contribution is -0.167. The highest BCUT2D eigenvalue weighted by Crippen LogP contribution is 2.61. The second-order valence-electron chi connectivity index (χ2n) is 27.8. The Morgan fingerprint density at radius 2 is 0.556 bits per heavy atom. The standard InChI is InChI=1S/C69H122O3/c1-2-3-4-5-6-7-8-9-10-11-12-13-14-15-16-17-18-19-20-21-22-23-24-25-26-27-28-29-30-31-32-33-34-35-36-44-68(70)72-69(71)66-43-39-42-57-47-60-50-63-51-61-48-58-45-55-40-37-38-41-56(55)46-59(58)49-62(61)52-64(63)53-65(60)54-67(57)66/h55-67H,2-54H2,1H3. The fourth-order valence-electron chi connectivity index (χ4n) is 18.3. The molecule has 7 fully saturated rings. The van der Waals surface area contributed by atoms with Gasteiger partial charge in [-0.1, -0.05) is 264 Å². The molecule has 13 unspecified atom stereocenters. The van der Waals surface area contributed by atoms with Crippen molar-refractivity contribution in [1.29, 1.82) is 0 Å². The van der Waals surface area contributed by atoms with Crippen molar-refractivity contribution in [2.24, 2.45) is 76.9 Å². The van der Waals surface area contributed by atoms with Crippen LogP contribution in [0.15, 0.2) is 0 Å². The minimum absolute atomic E-state index is 0.0276. The molecular weight excluding hydrogens is 877 g/mol. The third-order valence-electron chi connectivity index (χ3n) is 22.5.